The maximum atomic E-state index is 13.4. The van der Waals surface area contributed by atoms with Crippen molar-refractivity contribution in [1.29, 1.82) is 0 Å². The molecule has 1 atom stereocenters. The molecule has 1 amide bonds. The third-order valence-electron chi connectivity index (χ3n) is 6.39. The topological polar surface area (TPSA) is 52.6 Å². The number of hydrogen-bond acceptors (Lipinski definition) is 6. The highest BCUT2D eigenvalue weighted by Gasteiger charge is 2.32. The molecule has 2 fully saturated rings. The summed E-state index contributed by atoms with van der Waals surface area (Å²) in [4.78, 5) is 30.5. The molecule has 2 aliphatic rings. The predicted octanol–water partition coefficient (Wildman–Crippen LogP) is 4.19. The fourth-order valence-corrected chi connectivity index (χ4v) is 5.56. The standard InChI is InChI=1S/C26H29N5OS/c32-26(30-18-16-29(17-19-30)22-9-3-1-4-10-22)21-8-7-15-31(20-21)24-25(28-14-13-27-24)33-23-11-5-2-6-12-23/h1-6,9-14,21H,7-8,15-20H2. The summed E-state index contributed by atoms with van der Waals surface area (Å²) in [5.74, 6) is 1.19. The average Bonchev–Trinajstić information content (AvgIpc) is 2.90. The number of nitrogens with zero attached hydrogens (tertiary/aromatic N) is 5. The summed E-state index contributed by atoms with van der Waals surface area (Å²) in [6.45, 7) is 4.95. The minimum Gasteiger partial charge on any atom is -0.368 e. The molecular formula is C26H29N5OS. The Hall–Kier alpha value is -3.06. The van der Waals surface area contributed by atoms with Crippen LogP contribution >= 0.6 is 11.8 Å². The Labute approximate surface area is 199 Å². The van der Waals surface area contributed by atoms with Crippen LogP contribution in [0.15, 0.2) is 83.0 Å². The molecule has 7 heteroatoms. The number of aromatic nitrogens is 2. The van der Waals surface area contributed by atoms with E-state index in [0.29, 0.717) is 6.54 Å². The summed E-state index contributed by atoms with van der Waals surface area (Å²) in [5.41, 5.74) is 1.24. The van der Waals surface area contributed by atoms with Gasteiger partial charge >= 0.3 is 0 Å². The molecular weight excluding hydrogens is 430 g/mol. The third kappa shape index (κ3) is 5.14. The number of piperazine rings is 1. The zero-order valence-electron chi connectivity index (χ0n) is 18.7. The van der Waals surface area contributed by atoms with Crippen LogP contribution in [-0.2, 0) is 4.79 Å². The van der Waals surface area contributed by atoms with Gasteiger partial charge in [0.05, 0.1) is 5.92 Å². The molecule has 0 aliphatic carbocycles. The van der Waals surface area contributed by atoms with Crippen LogP contribution in [0.5, 0.6) is 0 Å². The Morgan fingerprint density at radius 3 is 2.27 bits per heavy atom. The molecule has 3 heterocycles. The van der Waals surface area contributed by atoms with Crippen LogP contribution in [0.25, 0.3) is 0 Å². The minimum absolute atomic E-state index is 0.0126. The zero-order valence-corrected chi connectivity index (χ0v) is 19.5. The normalized spacial score (nSPS) is 18.9. The molecule has 0 radical (unpaired) electrons. The average molecular weight is 460 g/mol. The minimum atomic E-state index is 0.0126. The van der Waals surface area contributed by atoms with E-state index >= 15 is 0 Å². The second-order valence-electron chi connectivity index (χ2n) is 8.53. The number of piperidine rings is 1. The number of anilines is 2. The fourth-order valence-electron chi connectivity index (χ4n) is 4.66. The molecule has 6 nitrogen and oxygen atoms in total. The number of carbonyl (C=O) groups excluding carboxylic acids is 1. The van der Waals surface area contributed by atoms with Crippen LogP contribution in [0.4, 0.5) is 11.5 Å². The highest BCUT2D eigenvalue weighted by Crippen LogP contribution is 2.34. The van der Waals surface area contributed by atoms with E-state index in [2.05, 4.69) is 61.1 Å². The van der Waals surface area contributed by atoms with E-state index in [1.54, 1.807) is 24.2 Å². The second kappa shape index (κ2) is 10.3. The molecule has 170 valence electrons. The van der Waals surface area contributed by atoms with Gasteiger partial charge in [0.2, 0.25) is 5.91 Å². The van der Waals surface area contributed by atoms with Crippen molar-refractivity contribution < 1.29 is 4.79 Å². The van der Waals surface area contributed by atoms with Crippen LogP contribution in [0.3, 0.4) is 0 Å². The summed E-state index contributed by atoms with van der Waals surface area (Å²) in [6, 6.07) is 20.7. The lowest BCUT2D eigenvalue weighted by Gasteiger charge is -2.40. The highest BCUT2D eigenvalue weighted by atomic mass is 32.2. The maximum absolute atomic E-state index is 13.4. The molecule has 1 unspecified atom stereocenters. The first-order valence-corrected chi connectivity index (χ1v) is 12.5. The number of amides is 1. The van der Waals surface area contributed by atoms with E-state index in [0.717, 1.165) is 61.3 Å². The molecule has 0 N–H and O–H groups in total. The van der Waals surface area contributed by atoms with Gasteiger partial charge in [0.1, 0.15) is 5.03 Å². The van der Waals surface area contributed by atoms with Gasteiger partial charge in [-0.25, -0.2) is 9.97 Å². The fraction of sp³-hybridized carbons (Fsp3) is 0.346. The molecule has 0 bridgehead atoms. The molecule has 5 rings (SSSR count). The van der Waals surface area contributed by atoms with Gasteiger partial charge in [-0.1, -0.05) is 48.2 Å². The molecule has 33 heavy (non-hydrogen) atoms. The van der Waals surface area contributed by atoms with Crippen LogP contribution in [0.2, 0.25) is 0 Å². The van der Waals surface area contributed by atoms with Crippen molar-refractivity contribution >= 4 is 29.2 Å². The number of carbonyl (C=O) groups is 1. The molecule has 0 saturated carbocycles. The van der Waals surface area contributed by atoms with E-state index in [4.69, 9.17) is 0 Å². The van der Waals surface area contributed by atoms with E-state index in [9.17, 15) is 4.79 Å². The Balaban J connectivity index is 1.23. The zero-order chi connectivity index (χ0) is 22.5. The summed E-state index contributed by atoms with van der Waals surface area (Å²) in [6.07, 6.45) is 5.42. The summed E-state index contributed by atoms with van der Waals surface area (Å²) in [5, 5.41) is 0.897. The summed E-state index contributed by atoms with van der Waals surface area (Å²) < 4.78 is 0. The highest BCUT2D eigenvalue weighted by molar-refractivity contribution is 7.99. The van der Waals surface area contributed by atoms with Crippen LogP contribution < -0.4 is 9.80 Å². The second-order valence-corrected chi connectivity index (χ2v) is 9.60. The van der Waals surface area contributed by atoms with Gasteiger partial charge in [-0.05, 0) is 37.1 Å². The van der Waals surface area contributed by atoms with Gasteiger partial charge in [-0.15, -0.1) is 0 Å². The van der Waals surface area contributed by atoms with E-state index < -0.39 is 0 Å². The molecule has 2 aromatic carbocycles. The molecule has 3 aromatic rings. The quantitative estimate of drug-likeness (QED) is 0.570. The van der Waals surface area contributed by atoms with Gasteiger partial charge in [0.25, 0.3) is 0 Å². The molecule has 2 aliphatic heterocycles. The van der Waals surface area contributed by atoms with Crippen molar-refractivity contribution in [1.82, 2.24) is 14.9 Å². The number of rotatable bonds is 5. The van der Waals surface area contributed by atoms with E-state index in [-0.39, 0.29) is 11.8 Å². The summed E-state index contributed by atoms with van der Waals surface area (Å²) >= 11 is 1.63. The van der Waals surface area contributed by atoms with Crippen molar-refractivity contribution in [3.63, 3.8) is 0 Å². The largest absolute Gasteiger partial charge is 0.368 e. The van der Waals surface area contributed by atoms with E-state index in [1.165, 1.54) is 5.69 Å². The lowest BCUT2D eigenvalue weighted by molar-refractivity contribution is -0.136. The van der Waals surface area contributed by atoms with Gasteiger partial charge in [0.15, 0.2) is 5.82 Å². The Bertz CT molecular complexity index is 1060. The van der Waals surface area contributed by atoms with Crippen LogP contribution in [-0.4, -0.2) is 60.0 Å². The number of hydrogen-bond donors (Lipinski definition) is 0. The van der Waals surface area contributed by atoms with Gasteiger partial charge < -0.3 is 14.7 Å². The SMILES string of the molecule is O=C(C1CCCN(c2nccnc2Sc2ccccc2)C1)N1CCN(c2ccccc2)CC1. The van der Waals surface area contributed by atoms with Gasteiger partial charge in [0, 0.05) is 62.2 Å². The van der Waals surface area contributed by atoms with Crippen molar-refractivity contribution in [3.05, 3.63) is 73.1 Å². The predicted molar refractivity (Wildman–Crippen MR) is 133 cm³/mol. The van der Waals surface area contributed by atoms with Gasteiger partial charge in [-0.2, -0.15) is 0 Å². The van der Waals surface area contributed by atoms with Crippen LogP contribution in [0.1, 0.15) is 12.8 Å². The van der Waals surface area contributed by atoms with Crippen molar-refractivity contribution in [2.24, 2.45) is 5.92 Å². The molecule has 0 spiro atoms. The van der Waals surface area contributed by atoms with Crippen LogP contribution in [0, 0.1) is 5.92 Å². The number of benzene rings is 2. The van der Waals surface area contributed by atoms with Crippen molar-refractivity contribution in [2.75, 3.05) is 49.1 Å². The monoisotopic (exact) mass is 459 g/mol. The Morgan fingerprint density at radius 1 is 0.818 bits per heavy atom. The molecule has 2 saturated heterocycles. The van der Waals surface area contributed by atoms with Crippen molar-refractivity contribution in [3.8, 4) is 0 Å². The lowest BCUT2D eigenvalue weighted by Crippen LogP contribution is -2.52. The number of para-hydroxylation sites is 1. The van der Waals surface area contributed by atoms with E-state index in [1.807, 2.05) is 24.3 Å². The summed E-state index contributed by atoms with van der Waals surface area (Å²) in [7, 11) is 0. The molecule has 1 aromatic heterocycles. The first-order valence-electron chi connectivity index (χ1n) is 11.7. The Kier molecular flexibility index (Phi) is 6.76. The lowest BCUT2D eigenvalue weighted by atomic mass is 9.96. The first-order chi connectivity index (χ1) is 16.3. The maximum Gasteiger partial charge on any atom is 0.227 e. The van der Waals surface area contributed by atoms with Crippen molar-refractivity contribution in [2.45, 2.75) is 22.8 Å². The smallest absolute Gasteiger partial charge is 0.227 e. The first kappa shape index (κ1) is 21.8. The third-order valence-corrected chi connectivity index (χ3v) is 7.38. The van der Waals surface area contributed by atoms with Gasteiger partial charge in [-0.3, -0.25) is 4.79 Å². The Morgan fingerprint density at radius 2 is 1.52 bits per heavy atom.